The second kappa shape index (κ2) is 8.90. The van der Waals surface area contributed by atoms with Gasteiger partial charge in [0.05, 0.1) is 0 Å². The van der Waals surface area contributed by atoms with E-state index in [1.165, 1.54) is 12.1 Å². The number of carbonyl (C=O) groups excluding carboxylic acids is 1. The second-order valence-corrected chi connectivity index (χ2v) is 8.00. The molecule has 2 aromatic rings. The van der Waals surface area contributed by atoms with Crippen LogP contribution in [0.5, 0.6) is 0 Å². The van der Waals surface area contributed by atoms with E-state index in [1.54, 1.807) is 23.9 Å². The Morgan fingerprint density at radius 2 is 1.76 bits per heavy atom. The van der Waals surface area contributed by atoms with E-state index in [4.69, 9.17) is 0 Å². The Morgan fingerprint density at radius 3 is 2.44 bits per heavy atom. The molecule has 0 heterocycles. The first-order chi connectivity index (χ1) is 11.9. The van der Waals surface area contributed by atoms with Gasteiger partial charge in [-0.2, -0.15) is 0 Å². The van der Waals surface area contributed by atoms with Crippen molar-refractivity contribution in [3.8, 4) is 0 Å². The Balaban J connectivity index is 1.73. The van der Waals surface area contributed by atoms with Crippen molar-refractivity contribution in [2.24, 2.45) is 0 Å². The number of hydrogen-bond donors (Lipinski definition) is 2. The molecule has 0 aliphatic rings. The van der Waals surface area contributed by atoms with Crippen LogP contribution in [0.25, 0.3) is 0 Å². The second-order valence-electron chi connectivity index (χ2n) is 6.83. The summed E-state index contributed by atoms with van der Waals surface area (Å²) in [4.78, 5) is 13.1. The maximum atomic E-state index is 12.8. The predicted molar refractivity (Wildman–Crippen MR) is 104 cm³/mol. The topological polar surface area (TPSA) is 41.1 Å². The first-order valence-corrected chi connectivity index (χ1v) is 9.37. The van der Waals surface area contributed by atoms with E-state index in [0.29, 0.717) is 6.54 Å². The zero-order valence-electron chi connectivity index (χ0n) is 14.9. The normalized spacial score (nSPS) is 11.2. The highest BCUT2D eigenvalue weighted by Crippen LogP contribution is 2.29. The standard InChI is InChI=1S/C20H25FN2OS/c1-20(2,3)17-7-4-5-8-18(17)23-19(24)22-13-6-14-25-16-11-9-15(21)10-12-16/h4-5,7-12H,6,13-14H2,1-3H3,(H2,22,23,24). The van der Waals surface area contributed by atoms with Crippen molar-refractivity contribution in [1.29, 1.82) is 0 Å². The molecule has 0 radical (unpaired) electrons. The van der Waals surface area contributed by atoms with Gasteiger partial charge in [-0.05, 0) is 53.5 Å². The van der Waals surface area contributed by atoms with Crippen molar-refractivity contribution in [2.45, 2.75) is 37.5 Å². The predicted octanol–water partition coefficient (Wildman–Crippen LogP) is 5.43. The van der Waals surface area contributed by atoms with E-state index < -0.39 is 0 Å². The summed E-state index contributed by atoms with van der Waals surface area (Å²) in [5, 5.41) is 5.82. The van der Waals surface area contributed by atoms with Crippen molar-refractivity contribution in [1.82, 2.24) is 5.32 Å². The maximum Gasteiger partial charge on any atom is 0.319 e. The SMILES string of the molecule is CC(C)(C)c1ccccc1NC(=O)NCCCSc1ccc(F)cc1. The fourth-order valence-electron chi connectivity index (χ4n) is 2.41. The van der Waals surface area contributed by atoms with Gasteiger partial charge in [-0.25, -0.2) is 9.18 Å². The monoisotopic (exact) mass is 360 g/mol. The number of hydrogen-bond acceptors (Lipinski definition) is 2. The summed E-state index contributed by atoms with van der Waals surface area (Å²) >= 11 is 1.65. The van der Waals surface area contributed by atoms with Crippen LogP contribution in [0.1, 0.15) is 32.8 Å². The van der Waals surface area contributed by atoms with E-state index in [9.17, 15) is 9.18 Å². The molecular formula is C20H25FN2OS. The molecule has 0 atom stereocenters. The molecular weight excluding hydrogens is 335 g/mol. The lowest BCUT2D eigenvalue weighted by molar-refractivity contribution is 0.252. The van der Waals surface area contributed by atoms with Gasteiger partial charge in [0.2, 0.25) is 0 Å². The number of anilines is 1. The molecule has 0 fully saturated rings. The summed E-state index contributed by atoms with van der Waals surface area (Å²) in [6.07, 6.45) is 0.844. The van der Waals surface area contributed by atoms with Gasteiger partial charge < -0.3 is 10.6 Å². The van der Waals surface area contributed by atoms with Gasteiger partial charge in [-0.3, -0.25) is 0 Å². The number of urea groups is 1. The van der Waals surface area contributed by atoms with Gasteiger partial charge in [-0.15, -0.1) is 11.8 Å². The Bertz CT molecular complexity index is 696. The third-order valence-corrected chi connectivity index (χ3v) is 4.77. The van der Waals surface area contributed by atoms with Crippen LogP contribution in [0, 0.1) is 5.82 Å². The third kappa shape index (κ3) is 6.42. The Morgan fingerprint density at radius 1 is 1.08 bits per heavy atom. The van der Waals surface area contributed by atoms with Crippen molar-refractivity contribution in [2.75, 3.05) is 17.6 Å². The molecule has 25 heavy (non-hydrogen) atoms. The Kier molecular flexibility index (Phi) is 6.88. The molecule has 0 spiro atoms. The highest BCUT2D eigenvalue weighted by Gasteiger charge is 2.18. The minimum absolute atomic E-state index is 0.0321. The molecule has 3 nitrogen and oxygen atoms in total. The molecule has 0 aromatic heterocycles. The summed E-state index contributed by atoms with van der Waals surface area (Å²) in [5.74, 6) is 0.642. The molecule has 0 aliphatic heterocycles. The number of carbonyl (C=O) groups is 1. The van der Waals surface area contributed by atoms with Crippen LogP contribution in [0.2, 0.25) is 0 Å². The van der Waals surface area contributed by atoms with Gasteiger partial charge >= 0.3 is 6.03 Å². The van der Waals surface area contributed by atoms with Crippen molar-refractivity contribution >= 4 is 23.5 Å². The zero-order valence-corrected chi connectivity index (χ0v) is 15.8. The minimum Gasteiger partial charge on any atom is -0.338 e. The van der Waals surface area contributed by atoms with Crippen LogP contribution < -0.4 is 10.6 Å². The van der Waals surface area contributed by atoms with Crippen molar-refractivity contribution in [3.05, 3.63) is 59.9 Å². The first kappa shape index (κ1) is 19.3. The lowest BCUT2D eigenvalue weighted by atomic mass is 9.86. The average molecular weight is 360 g/mol. The number of halogens is 1. The molecule has 0 unspecified atom stereocenters. The van der Waals surface area contributed by atoms with Gasteiger partial charge in [0.15, 0.2) is 0 Å². The lowest BCUT2D eigenvalue weighted by Gasteiger charge is -2.23. The number of amides is 2. The number of thioether (sulfide) groups is 1. The molecule has 2 aromatic carbocycles. The fraction of sp³-hybridized carbons (Fsp3) is 0.350. The summed E-state index contributed by atoms with van der Waals surface area (Å²) < 4.78 is 12.8. The highest BCUT2D eigenvalue weighted by molar-refractivity contribution is 7.99. The van der Waals surface area contributed by atoms with Gasteiger partial charge in [0.25, 0.3) is 0 Å². The van der Waals surface area contributed by atoms with Crippen molar-refractivity contribution < 1.29 is 9.18 Å². The number of nitrogens with one attached hydrogen (secondary N) is 2. The van der Waals surface area contributed by atoms with Gasteiger partial charge in [-0.1, -0.05) is 39.0 Å². The average Bonchev–Trinajstić information content (AvgIpc) is 2.56. The number of benzene rings is 2. The largest absolute Gasteiger partial charge is 0.338 e. The highest BCUT2D eigenvalue weighted by atomic mass is 32.2. The molecule has 2 rings (SSSR count). The van der Waals surface area contributed by atoms with Crippen LogP contribution in [0.4, 0.5) is 14.9 Å². The summed E-state index contributed by atoms with van der Waals surface area (Å²) in [5.41, 5.74) is 1.92. The van der Waals surface area contributed by atoms with Crippen molar-refractivity contribution in [3.63, 3.8) is 0 Å². The molecule has 0 bridgehead atoms. The smallest absolute Gasteiger partial charge is 0.319 e. The van der Waals surface area contributed by atoms with Crippen LogP contribution in [-0.2, 0) is 5.41 Å². The molecule has 2 N–H and O–H groups in total. The van der Waals surface area contributed by atoms with E-state index in [1.807, 2.05) is 24.3 Å². The number of para-hydroxylation sites is 1. The van der Waals surface area contributed by atoms with Gasteiger partial charge in [0, 0.05) is 17.1 Å². The molecule has 0 saturated heterocycles. The molecule has 2 amide bonds. The summed E-state index contributed by atoms with van der Waals surface area (Å²) in [7, 11) is 0. The van der Waals surface area contributed by atoms with E-state index in [0.717, 1.165) is 28.3 Å². The Labute approximate surface area is 153 Å². The molecule has 5 heteroatoms. The van der Waals surface area contributed by atoms with E-state index >= 15 is 0 Å². The zero-order chi connectivity index (χ0) is 18.3. The Hall–Kier alpha value is -2.01. The van der Waals surface area contributed by atoms with E-state index in [2.05, 4.69) is 31.4 Å². The summed E-state index contributed by atoms with van der Waals surface area (Å²) in [6.45, 7) is 6.96. The quantitative estimate of drug-likeness (QED) is 0.533. The van der Waals surface area contributed by atoms with Crippen LogP contribution >= 0.6 is 11.8 Å². The van der Waals surface area contributed by atoms with E-state index in [-0.39, 0.29) is 17.3 Å². The van der Waals surface area contributed by atoms with Gasteiger partial charge in [0.1, 0.15) is 5.82 Å². The molecule has 0 aliphatic carbocycles. The third-order valence-electron chi connectivity index (χ3n) is 3.67. The maximum absolute atomic E-state index is 12.8. The lowest BCUT2D eigenvalue weighted by Crippen LogP contribution is -2.30. The first-order valence-electron chi connectivity index (χ1n) is 8.39. The van der Waals surface area contributed by atoms with Crippen LogP contribution in [0.15, 0.2) is 53.4 Å². The summed E-state index contributed by atoms with van der Waals surface area (Å²) in [6, 6.07) is 14.1. The molecule has 0 saturated carbocycles. The van der Waals surface area contributed by atoms with Crippen LogP contribution in [-0.4, -0.2) is 18.3 Å². The number of rotatable bonds is 6. The fourth-order valence-corrected chi connectivity index (χ4v) is 3.26. The minimum atomic E-state index is -0.224. The molecule has 134 valence electrons. The van der Waals surface area contributed by atoms with Crippen LogP contribution in [0.3, 0.4) is 0 Å².